The molecule has 0 aliphatic carbocycles. The van der Waals surface area contributed by atoms with Gasteiger partial charge in [-0.05, 0) is 12.5 Å². The highest BCUT2D eigenvalue weighted by atomic mass is 16.6. The molecular weight excluding hydrogens is 338 g/mol. The lowest BCUT2D eigenvalue weighted by atomic mass is 10.1. The smallest absolute Gasteiger partial charge is 0.306 e. The number of pyridine rings is 1. The number of hydrogen-bond acceptors (Lipinski definition) is 7. The van der Waals surface area contributed by atoms with E-state index in [-0.39, 0.29) is 30.9 Å². The van der Waals surface area contributed by atoms with Crippen molar-refractivity contribution < 1.29 is 19.2 Å². The number of ketones is 1. The van der Waals surface area contributed by atoms with Crippen molar-refractivity contribution >= 4 is 23.3 Å². The van der Waals surface area contributed by atoms with E-state index in [2.05, 4.69) is 10.3 Å². The van der Waals surface area contributed by atoms with Gasteiger partial charge in [-0.25, -0.2) is 4.98 Å². The van der Waals surface area contributed by atoms with Gasteiger partial charge >= 0.3 is 5.97 Å². The number of aromatic nitrogens is 1. The number of nitrogens with zero attached hydrogens (tertiary/aromatic N) is 2. The summed E-state index contributed by atoms with van der Waals surface area (Å²) >= 11 is 0. The first-order chi connectivity index (χ1) is 12.6. The minimum atomic E-state index is -0.515. The van der Waals surface area contributed by atoms with Crippen LogP contribution in [0.5, 0.6) is 0 Å². The highest BCUT2D eigenvalue weighted by Gasteiger charge is 2.10. The van der Waals surface area contributed by atoms with E-state index >= 15 is 0 Å². The number of ether oxygens (including phenoxy) is 1. The quantitative estimate of drug-likeness (QED) is 0.229. The van der Waals surface area contributed by atoms with Gasteiger partial charge in [0.1, 0.15) is 12.0 Å². The predicted octanol–water partition coefficient (Wildman–Crippen LogP) is 3.00. The molecule has 0 saturated carbocycles. The number of benzene rings is 1. The van der Waals surface area contributed by atoms with Crippen LogP contribution in [0.4, 0.5) is 11.5 Å². The van der Waals surface area contributed by atoms with Crippen molar-refractivity contribution in [3.63, 3.8) is 0 Å². The summed E-state index contributed by atoms with van der Waals surface area (Å²) in [6.45, 7) is 0.722. The van der Waals surface area contributed by atoms with E-state index in [9.17, 15) is 19.7 Å². The third-order valence-corrected chi connectivity index (χ3v) is 3.50. The van der Waals surface area contributed by atoms with Gasteiger partial charge in [-0.1, -0.05) is 30.3 Å². The van der Waals surface area contributed by atoms with Crippen LogP contribution in [0.2, 0.25) is 0 Å². The topological polar surface area (TPSA) is 111 Å². The Morgan fingerprint density at radius 3 is 2.54 bits per heavy atom. The summed E-state index contributed by atoms with van der Waals surface area (Å²) in [6.07, 6.45) is 1.89. The van der Waals surface area contributed by atoms with Crippen LogP contribution in [0.15, 0.2) is 48.7 Å². The van der Waals surface area contributed by atoms with Gasteiger partial charge < -0.3 is 10.1 Å². The highest BCUT2D eigenvalue weighted by molar-refractivity contribution is 5.97. The Bertz CT molecular complexity index is 747. The summed E-state index contributed by atoms with van der Waals surface area (Å²) in [5.74, 6) is 0.00610. The van der Waals surface area contributed by atoms with Gasteiger partial charge in [0.25, 0.3) is 5.69 Å². The van der Waals surface area contributed by atoms with Crippen molar-refractivity contribution in [2.45, 2.75) is 19.3 Å². The monoisotopic (exact) mass is 357 g/mol. The molecule has 0 spiro atoms. The molecule has 0 bridgehead atoms. The Labute approximate surface area is 150 Å². The Kier molecular flexibility index (Phi) is 7.23. The molecule has 0 fully saturated rings. The van der Waals surface area contributed by atoms with Gasteiger partial charge in [0.2, 0.25) is 0 Å². The summed E-state index contributed by atoms with van der Waals surface area (Å²) in [4.78, 5) is 37.4. The molecule has 8 nitrogen and oxygen atoms in total. The van der Waals surface area contributed by atoms with Crippen molar-refractivity contribution in [1.29, 1.82) is 0 Å². The molecule has 1 N–H and O–H groups in total. The van der Waals surface area contributed by atoms with E-state index in [1.807, 2.05) is 6.07 Å². The third-order valence-electron chi connectivity index (χ3n) is 3.50. The third kappa shape index (κ3) is 6.31. The number of carbonyl (C=O) groups excluding carboxylic acids is 2. The van der Waals surface area contributed by atoms with Crippen LogP contribution in [0.1, 0.15) is 29.6 Å². The maximum Gasteiger partial charge on any atom is 0.306 e. The highest BCUT2D eigenvalue weighted by Crippen LogP contribution is 2.11. The first kappa shape index (κ1) is 19.0. The summed E-state index contributed by atoms with van der Waals surface area (Å²) in [5, 5.41) is 13.5. The molecule has 26 heavy (non-hydrogen) atoms. The van der Waals surface area contributed by atoms with Crippen LogP contribution in [-0.4, -0.2) is 34.8 Å². The van der Waals surface area contributed by atoms with Crippen molar-refractivity contribution in [2.75, 3.05) is 18.5 Å². The lowest BCUT2D eigenvalue weighted by Gasteiger charge is -2.06. The van der Waals surface area contributed by atoms with E-state index < -0.39 is 10.9 Å². The zero-order chi connectivity index (χ0) is 18.8. The molecule has 0 atom stereocenters. The zero-order valence-electron chi connectivity index (χ0n) is 14.1. The fourth-order valence-corrected chi connectivity index (χ4v) is 2.13. The molecule has 0 aliphatic rings. The van der Waals surface area contributed by atoms with E-state index in [0.29, 0.717) is 24.3 Å². The van der Waals surface area contributed by atoms with Crippen LogP contribution < -0.4 is 5.32 Å². The van der Waals surface area contributed by atoms with Crippen molar-refractivity contribution in [3.8, 4) is 0 Å². The molecule has 1 aromatic carbocycles. The van der Waals surface area contributed by atoms with Crippen LogP contribution in [-0.2, 0) is 9.53 Å². The van der Waals surface area contributed by atoms with Crippen molar-refractivity contribution in [2.24, 2.45) is 0 Å². The first-order valence-electron chi connectivity index (χ1n) is 8.14. The molecule has 136 valence electrons. The van der Waals surface area contributed by atoms with E-state index in [4.69, 9.17) is 4.74 Å². The molecule has 2 rings (SSSR count). The number of anilines is 1. The summed E-state index contributed by atoms with van der Waals surface area (Å²) in [6, 6.07) is 11.7. The second kappa shape index (κ2) is 9.87. The fraction of sp³-hybridized carbons (Fsp3) is 0.278. The Hall–Kier alpha value is -3.29. The maximum atomic E-state index is 11.9. The SMILES string of the molecule is O=C(CCC(=O)c1ccccc1)OCCCNc1ccc([N+](=O)[O-])cn1. The molecular formula is C18H19N3O5. The summed E-state index contributed by atoms with van der Waals surface area (Å²) < 4.78 is 5.08. The zero-order valence-corrected chi connectivity index (χ0v) is 14.1. The molecule has 0 aliphatic heterocycles. The molecule has 8 heteroatoms. The van der Waals surface area contributed by atoms with Crippen LogP contribution in [0.3, 0.4) is 0 Å². The van der Waals surface area contributed by atoms with Crippen LogP contribution in [0, 0.1) is 10.1 Å². The van der Waals surface area contributed by atoms with Gasteiger partial charge in [0.05, 0.1) is 18.0 Å². The van der Waals surface area contributed by atoms with Crippen LogP contribution in [0.25, 0.3) is 0 Å². The van der Waals surface area contributed by atoms with Crippen molar-refractivity contribution in [3.05, 3.63) is 64.3 Å². The van der Waals surface area contributed by atoms with Gasteiger partial charge in [0, 0.05) is 24.6 Å². The maximum absolute atomic E-state index is 11.9. The number of hydrogen-bond donors (Lipinski definition) is 1. The Morgan fingerprint density at radius 2 is 1.88 bits per heavy atom. The largest absolute Gasteiger partial charge is 0.466 e. The lowest BCUT2D eigenvalue weighted by Crippen LogP contribution is -2.12. The molecule has 1 heterocycles. The van der Waals surface area contributed by atoms with Crippen molar-refractivity contribution in [1.82, 2.24) is 4.98 Å². The van der Waals surface area contributed by atoms with E-state index in [1.54, 1.807) is 24.3 Å². The second-order valence-electron chi connectivity index (χ2n) is 5.45. The number of nitrogens with one attached hydrogen (secondary N) is 1. The fourth-order valence-electron chi connectivity index (χ4n) is 2.13. The van der Waals surface area contributed by atoms with Gasteiger partial charge in [-0.3, -0.25) is 19.7 Å². The van der Waals surface area contributed by atoms with E-state index in [1.165, 1.54) is 18.3 Å². The lowest BCUT2D eigenvalue weighted by molar-refractivity contribution is -0.385. The van der Waals surface area contributed by atoms with Crippen LogP contribution >= 0.6 is 0 Å². The number of carbonyl (C=O) groups is 2. The normalized spacial score (nSPS) is 10.2. The molecule has 0 unspecified atom stereocenters. The molecule has 0 saturated heterocycles. The van der Waals surface area contributed by atoms with Gasteiger partial charge in [0.15, 0.2) is 5.78 Å². The molecule has 0 amide bonds. The molecule has 0 radical (unpaired) electrons. The molecule has 1 aromatic heterocycles. The Balaban J connectivity index is 1.58. The molecule has 2 aromatic rings. The number of esters is 1. The minimum absolute atomic E-state index is 0.0467. The second-order valence-corrected chi connectivity index (χ2v) is 5.45. The predicted molar refractivity (Wildman–Crippen MR) is 95.0 cm³/mol. The first-order valence-corrected chi connectivity index (χ1v) is 8.14. The minimum Gasteiger partial charge on any atom is -0.466 e. The van der Waals surface area contributed by atoms with Gasteiger partial charge in [-0.2, -0.15) is 0 Å². The van der Waals surface area contributed by atoms with E-state index in [0.717, 1.165) is 0 Å². The summed E-state index contributed by atoms with van der Waals surface area (Å²) in [7, 11) is 0. The average molecular weight is 357 g/mol. The standard InChI is InChI=1S/C18H19N3O5/c22-16(14-5-2-1-3-6-14)8-10-18(23)26-12-4-11-19-17-9-7-15(13-20-17)21(24)25/h1-3,5-7,9,13H,4,8,10-12H2,(H,19,20). The Morgan fingerprint density at radius 1 is 1.12 bits per heavy atom. The average Bonchev–Trinajstić information content (AvgIpc) is 2.67. The summed E-state index contributed by atoms with van der Waals surface area (Å²) in [5.41, 5.74) is 0.509. The number of rotatable bonds is 10. The van der Waals surface area contributed by atoms with Gasteiger partial charge in [-0.15, -0.1) is 0 Å². The number of nitro groups is 1. The number of Topliss-reactive ketones (excluding diaryl/α,β-unsaturated/α-hetero) is 1.